The molecule has 0 saturated carbocycles. The summed E-state index contributed by atoms with van der Waals surface area (Å²) in [6.45, 7) is 2.92. The van der Waals surface area contributed by atoms with Crippen LogP contribution in [-0.4, -0.2) is 12.6 Å². The van der Waals surface area contributed by atoms with Crippen molar-refractivity contribution in [1.29, 1.82) is 0 Å². The zero-order chi connectivity index (χ0) is 12.8. The highest BCUT2D eigenvalue weighted by molar-refractivity contribution is 5.65. The van der Waals surface area contributed by atoms with E-state index in [0.29, 0.717) is 0 Å². The van der Waals surface area contributed by atoms with Crippen molar-refractivity contribution in [3.05, 3.63) is 54.6 Å². The fourth-order valence-corrected chi connectivity index (χ4v) is 1.80. The van der Waals surface area contributed by atoms with Gasteiger partial charge in [0.15, 0.2) is 0 Å². The van der Waals surface area contributed by atoms with E-state index in [-0.39, 0.29) is 6.04 Å². The van der Waals surface area contributed by atoms with Crippen LogP contribution in [-0.2, 0) is 0 Å². The van der Waals surface area contributed by atoms with Gasteiger partial charge in [-0.2, -0.15) is 0 Å². The van der Waals surface area contributed by atoms with Crippen molar-refractivity contribution in [3.8, 4) is 11.1 Å². The molecular weight excluding hydrogens is 220 g/mol. The molecule has 0 fully saturated rings. The van der Waals surface area contributed by atoms with Gasteiger partial charge in [0.05, 0.1) is 0 Å². The molecule has 0 aromatic heterocycles. The van der Waals surface area contributed by atoms with Crippen LogP contribution < -0.4 is 11.1 Å². The van der Waals surface area contributed by atoms with Crippen molar-refractivity contribution in [1.82, 2.24) is 0 Å². The Morgan fingerprint density at radius 3 is 2.17 bits per heavy atom. The number of hydrogen-bond donors (Lipinski definition) is 2. The first-order valence-corrected chi connectivity index (χ1v) is 6.44. The van der Waals surface area contributed by atoms with Crippen LogP contribution in [0.2, 0.25) is 0 Å². The summed E-state index contributed by atoms with van der Waals surface area (Å²) in [5, 5.41) is 3.35. The van der Waals surface area contributed by atoms with E-state index in [1.165, 1.54) is 11.1 Å². The maximum Gasteiger partial charge on any atom is 0.0341 e. The summed E-state index contributed by atoms with van der Waals surface area (Å²) >= 11 is 0. The van der Waals surface area contributed by atoms with Gasteiger partial charge in [-0.15, -0.1) is 0 Å². The Morgan fingerprint density at radius 1 is 0.944 bits per heavy atom. The van der Waals surface area contributed by atoms with Gasteiger partial charge in [-0.3, -0.25) is 0 Å². The highest BCUT2D eigenvalue weighted by atomic mass is 14.9. The SMILES string of the molecule is CC[C@H](N)CNc1ccc(-c2ccccc2)cc1. The highest BCUT2D eigenvalue weighted by Gasteiger charge is 2.00. The summed E-state index contributed by atoms with van der Waals surface area (Å²) in [5.74, 6) is 0. The molecule has 2 rings (SSSR count). The van der Waals surface area contributed by atoms with E-state index < -0.39 is 0 Å². The summed E-state index contributed by atoms with van der Waals surface area (Å²) in [6.07, 6.45) is 0.995. The summed E-state index contributed by atoms with van der Waals surface area (Å²) in [7, 11) is 0. The van der Waals surface area contributed by atoms with Gasteiger partial charge in [-0.05, 0) is 29.7 Å². The third-order valence-corrected chi connectivity index (χ3v) is 3.08. The number of rotatable bonds is 5. The molecule has 0 aliphatic rings. The summed E-state index contributed by atoms with van der Waals surface area (Å²) in [5.41, 5.74) is 9.48. The molecular formula is C16H20N2. The molecule has 0 saturated heterocycles. The van der Waals surface area contributed by atoms with Crippen molar-refractivity contribution in [3.63, 3.8) is 0 Å². The second kappa shape index (κ2) is 6.22. The minimum atomic E-state index is 0.221. The molecule has 18 heavy (non-hydrogen) atoms. The van der Waals surface area contributed by atoms with E-state index in [4.69, 9.17) is 5.73 Å². The lowest BCUT2D eigenvalue weighted by atomic mass is 10.1. The molecule has 2 aromatic carbocycles. The van der Waals surface area contributed by atoms with E-state index >= 15 is 0 Å². The largest absolute Gasteiger partial charge is 0.383 e. The Hall–Kier alpha value is -1.80. The van der Waals surface area contributed by atoms with Crippen LogP contribution in [0, 0.1) is 0 Å². The van der Waals surface area contributed by atoms with Crippen LogP contribution in [0.5, 0.6) is 0 Å². The van der Waals surface area contributed by atoms with Crippen molar-refractivity contribution in [2.45, 2.75) is 19.4 Å². The number of nitrogens with one attached hydrogen (secondary N) is 1. The van der Waals surface area contributed by atoms with Crippen molar-refractivity contribution in [2.24, 2.45) is 5.73 Å². The van der Waals surface area contributed by atoms with Gasteiger partial charge in [0.1, 0.15) is 0 Å². The highest BCUT2D eigenvalue weighted by Crippen LogP contribution is 2.20. The minimum absolute atomic E-state index is 0.221. The van der Waals surface area contributed by atoms with Gasteiger partial charge in [0, 0.05) is 18.3 Å². The Kier molecular flexibility index (Phi) is 4.37. The predicted octanol–water partition coefficient (Wildman–Crippen LogP) is 3.50. The van der Waals surface area contributed by atoms with E-state index in [1.54, 1.807) is 0 Å². The maximum atomic E-state index is 5.88. The molecule has 3 N–H and O–H groups in total. The molecule has 0 bridgehead atoms. The molecule has 0 radical (unpaired) electrons. The zero-order valence-corrected chi connectivity index (χ0v) is 10.8. The second-order valence-electron chi connectivity index (χ2n) is 4.49. The van der Waals surface area contributed by atoms with Gasteiger partial charge in [0.2, 0.25) is 0 Å². The Morgan fingerprint density at radius 2 is 1.56 bits per heavy atom. The van der Waals surface area contributed by atoms with Gasteiger partial charge in [0.25, 0.3) is 0 Å². The molecule has 0 spiro atoms. The summed E-state index contributed by atoms with van der Waals surface area (Å²) in [4.78, 5) is 0. The van der Waals surface area contributed by atoms with Crippen LogP contribution >= 0.6 is 0 Å². The van der Waals surface area contributed by atoms with Crippen LogP contribution in [0.25, 0.3) is 11.1 Å². The van der Waals surface area contributed by atoms with E-state index in [1.807, 2.05) is 6.07 Å². The Balaban J connectivity index is 2.02. The lowest BCUT2D eigenvalue weighted by molar-refractivity contribution is 0.679. The Bertz CT molecular complexity index is 462. The van der Waals surface area contributed by atoms with E-state index in [0.717, 1.165) is 18.7 Å². The zero-order valence-electron chi connectivity index (χ0n) is 10.8. The molecule has 0 amide bonds. The van der Waals surface area contributed by atoms with Gasteiger partial charge in [-0.25, -0.2) is 0 Å². The minimum Gasteiger partial charge on any atom is -0.383 e. The average Bonchev–Trinajstić information content (AvgIpc) is 2.46. The van der Waals surface area contributed by atoms with E-state index in [2.05, 4.69) is 60.8 Å². The number of hydrogen-bond acceptors (Lipinski definition) is 2. The fourth-order valence-electron chi connectivity index (χ4n) is 1.80. The predicted molar refractivity (Wildman–Crippen MR) is 78.6 cm³/mol. The summed E-state index contributed by atoms with van der Waals surface area (Å²) in [6, 6.07) is 19.1. The second-order valence-corrected chi connectivity index (χ2v) is 4.49. The molecule has 1 atom stereocenters. The average molecular weight is 240 g/mol. The molecule has 94 valence electrons. The molecule has 0 unspecified atom stereocenters. The van der Waals surface area contributed by atoms with Crippen LogP contribution in [0.4, 0.5) is 5.69 Å². The smallest absolute Gasteiger partial charge is 0.0341 e. The normalized spacial score (nSPS) is 12.1. The standard InChI is InChI=1S/C16H20N2/c1-2-15(17)12-18-16-10-8-14(9-11-16)13-6-4-3-5-7-13/h3-11,15,18H,2,12,17H2,1H3/t15-/m0/s1. The van der Waals surface area contributed by atoms with Crippen LogP contribution in [0.15, 0.2) is 54.6 Å². The topological polar surface area (TPSA) is 38.0 Å². The first-order valence-electron chi connectivity index (χ1n) is 6.44. The lowest BCUT2D eigenvalue weighted by Crippen LogP contribution is -2.27. The van der Waals surface area contributed by atoms with Gasteiger partial charge < -0.3 is 11.1 Å². The van der Waals surface area contributed by atoms with E-state index in [9.17, 15) is 0 Å². The molecule has 2 aromatic rings. The molecule has 2 heteroatoms. The van der Waals surface area contributed by atoms with Gasteiger partial charge in [-0.1, -0.05) is 49.4 Å². The number of nitrogens with two attached hydrogens (primary N) is 1. The molecule has 0 aliphatic carbocycles. The quantitative estimate of drug-likeness (QED) is 0.839. The monoisotopic (exact) mass is 240 g/mol. The number of anilines is 1. The van der Waals surface area contributed by atoms with Gasteiger partial charge >= 0.3 is 0 Å². The molecule has 0 aliphatic heterocycles. The van der Waals surface area contributed by atoms with Crippen molar-refractivity contribution >= 4 is 5.69 Å². The first-order chi connectivity index (χ1) is 8.79. The molecule has 0 heterocycles. The van der Waals surface area contributed by atoms with Crippen LogP contribution in [0.3, 0.4) is 0 Å². The maximum absolute atomic E-state index is 5.88. The third-order valence-electron chi connectivity index (χ3n) is 3.08. The first kappa shape index (κ1) is 12.7. The fraction of sp³-hybridized carbons (Fsp3) is 0.250. The Labute approximate surface area is 109 Å². The van der Waals surface area contributed by atoms with Crippen molar-refractivity contribution < 1.29 is 0 Å². The summed E-state index contributed by atoms with van der Waals surface area (Å²) < 4.78 is 0. The number of benzene rings is 2. The third kappa shape index (κ3) is 3.34. The molecule has 2 nitrogen and oxygen atoms in total. The lowest BCUT2D eigenvalue weighted by Gasteiger charge is -2.12. The van der Waals surface area contributed by atoms with Crippen LogP contribution in [0.1, 0.15) is 13.3 Å². The van der Waals surface area contributed by atoms with Crippen molar-refractivity contribution in [2.75, 3.05) is 11.9 Å².